The number of nitrogens with zero attached hydrogens (tertiary/aromatic N) is 2. The lowest BCUT2D eigenvalue weighted by molar-refractivity contribution is 0.423. The van der Waals surface area contributed by atoms with Gasteiger partial charge in [-0.15, -0.1) is 0 Å². The Morgan fingerprint density at radius 1 is 1.15 bits per heavy atom. The summed E-state index contributed by atoms with van der Waals surface area (Å²) in [6, 6.07) is 9.87. The third-order valence-electron chi connectivity index (χ3n) is 2.93. The van der Waals surface area contributed by atoms with Crippen LogP contribution < -0.4 is 15.5 Å². The first-order valence-electron chi connectivity index (χ1n) is 6.56. The second kappa shape index (κ2) is 6.91. The highest BCUT2D eigenvalue weighted by Crippen LogP contribution is 2.17. The number of hydrogen-bond donors (Lipinski definition) is 2. The van der Waals surface area contributed by atoms with E-state index in [1.54, 1.807) is 6.07 Å². The van der Waals surface area contributed by atoms with Gasteiger partial charge in [-0.3, -0.25) is 0 Å². The molecule has 1 aromatic carbocycles. The fraction of sp³-hybridized carbons (Fsp3) is 0.286. The molecule has 2 rings (SSSR count). The van der Waals surface area contributed by atoms with Crippen LogP contribution in [0.4, 0.5) is 17.2 Å². The Bertz CT molecular complexity index is 535. The number of thiocarbonyl (C=S) groups is 1. The minimum absolute atomic E-state index is 0.481. The first kappa shape index (κ1) is 14.3. The van der Waals surface area contributed by atoms with Gasteiger partial charge in [0.05, 0.1) is 0 Å². The van der Waals surface area contributed by atoms with Crippen molar-refractivity contribution in [1.82, 2.24) is 5.16 Å². The Balaban J connectivity index is 1.95. The van der Waals surface area contributed by atoms with Gasteiger partial charge in [0.2, 0.25) is 0 Å². The van der Waals surface area contributed by atoms with E-state index in [-0.39, 0.29) is 0 Å². The van der Waals surface area contributed by atoms with E-state index in [1.165, 1.54) is 12.0 Å². The standard InChI is InChI=1S/C14H18N4OS/c1-3-18(4-2)12-7-5-11(6-8-12)15-14(20)16-13-9-10-19-17-13/h5-10H,3-4H2,1-2H3,(H2,15,16,17,20). The number of nitrogens with one attached hydrogen (secondary N) is 2. The van der Waals surface area contributed by atoms with Gasteiger partial charge in [0.25, 0.3) is 0 Å². The highest BCUT2D eigenvalue weighted by Gasteiger charge is 2.03. The van der Waals surface area contributed by atoms with Crippen LogP contribution in [0.2, 0.25) is 0 Å². The number of aromatic nitrogens is 1. The fourth-order valence-corrected chi connectivity index (χ4v) is 2.12. The van der Waals surface area contributed by atoms with E-state index in [4.69, 9.17) is 16.7 Å². The first-order chi connectivity index (χ1) is 9.72. The molecule has 0 atom stereocenters. The largest absolute Gasteiger partial charge is 0.372 e. The molecule has 0 aliphatic rings. The zero-order valence-electron chi connectivity index (χ0n) is 11.6. The van der Waals surface area contributed by atoms with E-state index in [2.05, 4.69) is 46.7 Å². The van der Waals surface area contributed by atoms with E-state index in [0.29, 0.717) is 10.9 Å². The molecule has 106 valence electrons. The van der Waals surface area contributed by atoms with E-state index >= 15 is 0 Å². The van der Waals surface area contributed by atoms with Crippen molar-refractivity contribution in [3.63, 3.8) is 0 Å². The summed E-state index contributed by atoms with van der Waals surface area (Å²) >= 11 is 5.20. The molecule has 6 heteroatoms. The normalized spacial score (nSPS) is 10.1. The fourth-order valence-electron chi connectivity index (χ4n) is 1.90. The summed E-state index contributed by atoms with van der Waals surface area (Å²) in [5, 5.41) is 10.3. The van der Waals surface area contributed by atoms with Crippen LogP contribution in [0.25, 0.3) is 0 Å². The lowest BCUT2D eigenvalue weighted by Gasteiger charge is -2.21. The summed E-state index contributed by atoms with van der Waals surface area (Å²) in [5.74, 6) is 0.585. The molecule has 0 saturated heterocycles. The van der Waals surface area contributed by atoms with E-state index in [1.807, 2.05) is 12.1 Å². The summed E-state index contributed by atoms with van der Waals surface area (Å²) in [5.41, 5.74) is 2.14. The minimum atomic E-state index is 0.481. The number of benzene rings is 1. The SMILES string of the molecule is CCN(CC)c1ccc(NC(=S)Nc2ccon2)cc1. The molecule has 2 aromatic rings. The third kappa shape index (κ3) is 3.71. The van der Waals surface area contributed by atoms with Gasteiger partial charge in [-0.1, -0.05) is 5.16 Å². The third-order valence-corrected chi connectivity index (χ3v) is 3.14. The van der Waals surface area contributed by atoms with Gasteiger partial charge in [0.1, 0.15) is 6.26 Å². The maximum atomic E-state index is 5.20. The summed E-state index contributed by atoms with van der Waals surface area (Å²) in [6.45, 7) is 6.28. The molecule has 2 N–H and O–H groups in total. The molecule has 0 spiro atoms. The molecule has 1 heterocycles. The minimum Gasteiger partial charge on any atom is -0.372 e. The molecular formula is C14H18N4OS. The van der Waals surface area contributed by atoms with Crippen LogP contribution in [0.15, 0.2) is 41.1 Å². The van der Waals surface area contributed by atoms with Crippen molar-refractivity contribution < 1.29 is 4.52 Å². The summed E-state index contributed by atoms with van der Waals surface area (Å²) in [7, 11) is 0. The molecule has 0 amide bonds. The monoisotopic (exact) mass is 290 g/mol. The van der Waals surface area contributed by atoms with Crippen molar-refractivity contribution in [1.29, 1.82) is 0 Å². The predicted molar refractivity (Wildman–Crippen MR) is 86.3 cm³/mol. The van der Waals surface area contributed by atoms with Crippen LogP contribution in [0.1, 0.15) is 13.8 Å². The van der Waals surface area contributed by atoms with Crippen molar-refractivity contribution in [2.24, 2.45) is 0 Å². The van der Waals surface area contributed by atoms with Gasteiger partial charge in [-0.25, -0.2) is 0 Å². The molecule has 5 nitrogen and oxygen atoms in total. The van der Waals surface area contributed by atoms with Gasteiger partial charge >= 0.3 is 0 Å². The summed E-state index contributed by atoms with van der Waals surface area (Å²) in [4.78, 5) is 2.29. The van der Waals surface area contributed by atoms with Crippen molar-refractivity contribution >= 4 is 34.5 Å². The molecule has 0 aliphatic heterocycles. The van der Waals surface area contributed by atoms with E-state index in [9.17, 15) is 0 Å². The van der Waals surface area contributed by atoms with Crippen molar-refractivity contribution in [3.8, 4) is 0 Å². The van der Waals surface area contributed by atoms with Crippen LogP contribution in [0.3, 0.4) is 0 Å². The van der Waals surface area contributed by atoms with Crippen molar-refractivity contribution in [3.05, 3.63) is 36.6 Å². The maximum absolute atomic E-state index is 5.20. The highest BCUT2D eigenvalue weighted by molar-refractivity contribution is 7.80. The molecule has 20 heavy (non-hydrogen) atoms. The molecule has 0 bridgehead atoms. The predicted octanol–water partition coefficient (Wildman–Crippen LogP) is 3.33. The Labute approximate surface area is 123 Å². The van der Waals surface area contributed by atoms with Crippen LogP contribution in [0, 0.1) is 0 Å². The quantitative estimate of drug-likeness (QED) is 0.824. The smallest absolute Gasteiger partial charge is 0.176 e. The van der Waals surface area contributed by atoms with Crippen LogP contribution in [-0.2, 0) is 0 Å². The number of rotatable bonds is 5. The Kier molecular flexibility index (Phi) is 4.95. The van der Waals surface area contributed by atoms with Gasteiger partial charge in [-0.05, 0) is 50.3 Å². The van der Waals surface area contributed by atoms with Crippen LogP contribution in [-0.4, -0.2) is 23.4 Å². The van der Waals surface area contributed by atoms with E-state index < -0.39 is 0 Å². The molecule has 0 saturated carbocycles. The topological polar surface area (TPSA) is 53.3 Å². The van der Waals surface area contributed by atoms with Gasteiger partial charge < -0.3 is 20.1 Å². The zero-order valence-corrected chi connectivity index (χ0v) is 12.4. The lowest BCUT2D eigenvalue weighted by Crippen LogP contribution is -2.22. The number of anilines is 3. The zero-order chi connectivity index (χ0) is 14.4. The average Bonchev–Trinajstić information content (AvgIpc) is 2.94. The number of hydrogen-bond acceptors (Lipinski definition) is 4. The second-order valence-electron chi connectivity index (χ2n) is 4.18. The van der Waals surface area contributed by atoms with Crippen LogP contribution >= 0.6 is 12.2 Å². The maximum Gasteiger partial charge on any atom is 0.176 e. The van der Waals surface area contributed by atoms with Crippen molar-refractivity contribution in [2.75, 3.05) is 28.6 Å². The highest BCUT2D eigenvalue weighted by atomic mass is 32.1. The Morgan fingerprint density at radius 3 is 2.40 bits per heavy atom. The molecule has 0 aliphatic carbocycles. The summed E-state index contributed by atoms with van der Waals surface area (Å²) < 4.78 is 4.73. The molecule has 0 radical (unpaired) electrons. The summed E-state index contributed by atoms with van der Waals surface area (Å²) in [6.07, 6.45) is 1.49. The van der Waals surface area contributed by atoms with E-state index in [0.717, 1.165) is 18.8 Å². The second-order valence-corrected chi connectivity index (χ2v) is 4.59. The Morgan fingerprint density at radius 2 is 1.85 bits per heavy atom. The van der Waals surface area contributed by atoms with Crippen molar-refractivity contribution in [2.45, 2.75) is 13.8 Å². The van der Waals surface area contributed by atoms with Crippen LogP contribution in [0.5, 0.6) is 0 Å². The van der Waals surface area contributed by atoms with Gasteiger partial charge in [0.15, 0.2) is 10.9 Å². The first-order valence-corrected chi connectivity index (χ1v) is 6.97. The molecule has 0 unspecified atom stereocenters. The lowest BCUT2D eigenvalue weighted by atomic mass is 10.2. The molecular weight excluding hydrogens is 272 g/mol. The Hall–Kier alpha value is -2.08. The van der Waals surface area contributed by atoms with Gasteiger partial charge in [0, 0.05) is 30.5 Å². The molecule has 1 aromatic heterocycles. The molecule has 0 fully saturated rings. The van der Waals surface area contributed by atoms with Gasteiger partial charge in [-0.2, -0.15) is 0 Å². The average molecular weight is 290 g/mol.